The van der Waals surface area contributed by atoms with E-state index in [1.807, 2.05) is 30.3 Å². The maximum Gasteiger partial charge on any atom is 0.258 e. The van der Waals surface area contributed by atoms with E-state index >= 15 is 0 Å². The minimum atomic E-state index is -3.61. The maximum absolute atomic E-state index is 12.8. The lowest BCUT2D eigenvalue weighted by molar-refractivity contribution is 0.102. The summed E-state index contributed by atoms with van der Waals surface area (Å²) in [7, 11) is -3.61. The average molecular weight is 493 g/mol. The number of rotatable bonds is 5. The van der Waals surface area contributed by atoms with Crippen molar-refractivity contribution in [1.29, 1.82) is 0 Å². The standard InChI is InChI=1S/C19H17BrN4O3S2/c20-16-9-8-14(29(26,27)24-10-4-5-11-24)12-15(16)17(25)21-19-23-22-18(28-19)13-6-2-1-3-7-13/h1-3,6-9,12H,4-5,10-11H2,(H,21,23,25). The molecule has 1 aliphatic rings. The number of hydrogen-bond donors (Lipinski definition) is 1. The second kappa shape index (κ2) is 8.31. The van der Waals surface area contributed by atoms with Gasteiger partial charge in [-0.25, -0.2) is 8.42 Å². The van der Waals surface area contributed by atoms with Gasteiger partial charge in [0.1, 0.15) is 5.01 Å². The molecule has 2 aromatic carbocycles. The van der Waals surface area contributed by atoms with Crippen molar-refractivity contribution in [1.82, 2.24) is 14.5 Å². The van der Waals surface area contributed by atoms with Gasteiger partial charge in [0.15, 0.2) is 0 Å². The van der Waals surface area contributed by atoms with Gasteiger partial charge >= 0.3 is 0 Å². The molecule has 7 nitrogen and oxygen atoms in total. The Kier molecular flexibility index (Phi) is 5.77. The van der Waals surface area contributed by atoms with Crippen LogP contribution in [0.1, 0.15) is 23.2 Å². The first-order valence-corrected chi connectivity index (χ1v) is 12.0. The number of nitrogens with one attached hydrogen (secondary N) is 1. The van der Waals surface area contributed by atoms with Crippen molar-refractivity contribution >= 4 is 48.3 Å². The zero-order valence-electron chi connectivity index (χ0n) is 15.2. The Morgan fingerprint density at radius 1 is 1.07 bits per heavy atom. The molecule has 0 bridgehead atoms. The molecule has 0 unspecified atom stereocenters. The van der Waals surface area contributed by atoms with Crippen molar-refractivity contribution in [2.75, 3.05) is 18.4 Å². The van der Waals surface area contributed by atoms with Gasteiger partial charge in [-0.1, -0.05) is 41.7 Å². The van der Waals surface area contributed by atoms with E-state index in [4.69, 9.17) is 0 Å². The predicted molar refractivity (Wildman–Crippen MR) is 115 cm³/mol. The molecule has 4 rings (SSSR count). The fourth-order valence-corrected chi connectivity index (χ4v) is 5.77. The van der Waals surface area contributed by atoms with Crippen LogP contribution in [-0.2, 0) is 10.0 Å². The molecule has 1 amide bonds. The van der Waals surface area contributed by atoms with Gasteiger partial charge in [-0.3, -0.25) is 10.1 Å². The van der Waals surface area contributed by atoms with E-state index < -0.39 is 15.9 Å². The Balaban J connectivity index is 1.57. The molecule has 1 fully saturated rings. The van der Waals surface area contributed by atoms with E-state index in [1.54, 1.807) is 6.07 Å². The van der Waals surface area contributed by atoms with Crippen molar-refractivity contribution < 1.29 is 13.2 Å². The molecule has 1 aliphatic heterocycles. The largest absolute Gasteiger partial charge is 0.296 e. The highest BCUT2D eigenvalue weighted by atomic mass is 79.9. The van der Waals surface area contributed by atoms with E-state index in [2.05, 4.69) is 31.4 Å². The van der Waals surface area contributed by atoms with Crippen LogP contribution in [0.3, 0.4) is 0 Å². The van der Waals surface area contributed by atoms with Crippen molar-refractivity contribution in [3.63, 3.8) is 0 Å². The van der Waals surface area contributed by atoms with Gasteiger partial charge < -0.3 is 0 Å². The summed E-state index contributed by atoms with van der Waals surface area (Å²) in [4.78, 5) is 12.9. The van der Waals surface area contributed by atoms with Crippen LogP contribution in [0.15, 0.2) is 57.9 Å². The minimum Gasteiger partial charge on any atom is -0.296 e. The van der Waals surface area contributed by atoms with Crippen molar-refractivity contribution in [2.24, 2.45) is 0 Å². The van der Waals surface area contributed by atoms with E-state index in [-0.39, 0.29) is 10.5 Å². The summed E-state index contributed by atoms with van der Waals surface area (Å²) in [5.41, 5.74) is 1.13. The molecule has 29 heavy (non-hydrogen) atoms. The van der Waals surface area contributed by atoms with Gasteiger partial charge in [-0.15, -0.1) is 10.2 Å². The van der Waals surface area contributed by atoms with Crippen LogP contribution in [0, 0.1) is 0 Å². The molecular formula is C19H17BrN4O3S2. The second-order valence-corrected chi connectivity index (χ2v) is 10.3. The number of benzene rings is 2. The molecule has 1 N–H and O–H groups in total. The van der Waals surface area contributed by atoms with Crippen LogP contribution < -0.4 is 5.32 Å². The first-order chi connectivity index (χ1) is 13.9. The Hall–Kier alpha value is -2.14. The molecule has 1 aromatic heterocycles. The number of nitrogens with zero attached hydrogens (tertiary/aromatic N) is 3. The maximum atomic E-state index is 12.8. The van der Waals surface area contributed by atoms with Crippen LogP contribution in [0.2, 0.25) is 0 Å². The molecule has 0 spiro atoms. The Morgan fingerprint density at radius 2 is 1.79 bits per heavy atom. The van der Waals surface area contributed by atoms with Crippen LogP contribution in [-0.4, -0.2) is 41.9 Å². The van der Waals surface area contributed by atoms with Crippen molar-refractivity contribution in [2.45, 2.75) is 17.7 Å². The SMILES string of the molecule is O=C(Nc1nnc(-c2ccccc2)s1)c1cc(S(=O)(=O)N2CCCC2)ccc1Br. The van der Waals surface area contributed by atoms with E-state index in [1.165, 1.54) is 27.8 Å². The molecular weight excluding hydrogens is 476 g/mol. The summed E-state index contributed by atoms with van der Waals surface area (Å²) in [6.07, 6.45) is 1.70. The Labute approximate surface area is 181 Å². The number of carbonyl (C=O) groups excluding carboxylic acids is 1. The van der Waals surface area contributed by atoms with Gasteiger partial charge in [0, 0.05) is 23.1 Å². The Morgan fingerprint density at radius 3 is 2.52 bits per heavy atom. The minimum absolute atomic E-state index is 0.106. The molecule has 0 atom stereocenters. The second-order valence-electron chi connectivity index (χ2n) is 6.49. The summed E-state index contributed by atoms with van der Waals surface area (Å²) in [5.74, 6) is -0.453. The van der Waals surface area contributed by atoms with E-state index in [0.29, 0.717) is 27.7 Å². The van der Waals surface area contributed by atoms with Crippen molar-refractivity contribution in [3.05, 3.63) is 58.6 Å². The zero-order chi connectivity index (χ0) is 20.4. The monoisotopic (exact) mass is 492 g/mol. The summed E-state index contributed by atoms with van der Waals surface area (Å²) in [5, 5.41) is 11.9. The quantitative estimate of drug-likeness (QED) is 0.580. The molecule has 10 heteroatoms. The Bertz CT molecular complexity index is 1140. The number of anilines is 1. The molecule has 3 aromatic rings. The normalized spacial score (nSPS) is 14.8. The van der Waals surface area contributed by atoms with Crippen LogP contribution in [0.5, 0.6) is 0 Å². The molecule has 0 radical (unpaired) electrons. The highest BCUT2D eigenvalue weighted by Crippen LogP contribution is 2.29. The first-order valence-electron chi connectivity index (χ1n) is 8.95. The van der Waals surface area contributed by atoms with Gasteiger partial charge in [0.2, 0.25) is 15.2 Å². The average Bonchev–Trinajstić information content (AvgIpc) is 3.41. The third-order valence-corrected chi connectivity index (χ3v) is 8.03. The van der Waals surface area contributed by atoms with Gasteiger partial charge in [0.05, 0.1) is 10.5 Å². The summed E-state index contributed by atoms with van der Waals surface area (Å²) < 4.78 is 27.6. The summed E-state index contributed by atoms with van der Waals surface area (Å²) in [6.45, 7) is 1.01. The van der Waals surface area contributed by atoms with Crippen LogP contribution >= 0.6 is 27.3 Å². The highest BCUT2D eigenvalue weighted by Gasteiger charge is 2.28. The fourth-order valence-electron chi connectivity index (χ4n) is 3.05. The van der Waals surface area contributed by atoms with Gasteiger partial charge in [0.25, 0.3) is 5.91 Å². The number of amides is 1. The molecule has 0 saturated carbocycles. The molecule has 2 heterocycles. The predicted octanol–water partition coefficient (Wildman–Crippen LogP) is 4.00. The highest BCUT2D eigenvalue weighted by molar-refractivity contribution is 9.10. The topological polar surface area (TPSA) is 92.3 Å². The van der Waals surface area contributed by atoms with Crippen molar-refractivity contribution in [3.8, 4) is 10.6 Å². The van der Waals surface area contributed by atoms with E-state index in [9.17, 15) is 13.2 Å². The summed E-state index contributed by atoms with van der Waals surface area (Å²) in [6, 6.07) is 14.0. The fraction of sp³-hybridized carbons (Fsp3) is 0.211. The number of carbonyl (C=O) groups is 1. The number of halogens is 1. The first kappa shape index (κ1) is 20.1. The number of hydrogen-bond acceptors (Lipinski definition) is 6. The van der Waals surface area contributed by atoms with Gasteiger partial charge in [-0.05, 0) is 47.0 Å². The van der Waals surface area contributed by atoms with E-state index in [0.717, 1.165) is 18.4 Å². The lowest BCUT2D eigenvalue weighted by atomic mass is 10.2. The lowest BCUT2D eigenvalue weighted by Crippen LogP contribution is -2.28. The smallest absolute Gasteiger partial charge is 0.258 e. The van der Waals surface area contributed by atoms with Crippen LogP contribution in [0.25, 0.3) is 10.6 Å². The molecule has 1 saturated heterocycles. The number of sulfonamides is 1. The summed E-state index contributed by atoms with van der Waals surface area (Å²) >= 11 is 4.58. The molecule has 0 aliphatic carbocycles. The zero-order valence-corrected chi connectivity index (χ0v) is 18.4. The van der Waals surface area contributed by atoms with Gasteiger partial charge in [-0.2, -0.15) is 4.31 Å². The lowest BCUT2D eigenvalue weighted by Gasteiger charge is -2.16. The number of aromatic nitrogens is 2. The third-order valence-electron chi connectivity index (χ3n) is 4.55. The molecule has 150 valence electrons. The third kappa shape index (κ3) is 4.25. The van der Waals surface area contributed by atoms with Crippen LogP contribution in [0.4, 0.5) is 5.13 Å².